The molecule has 9 heteroatoms. The third-order valence-electron chi connectivity index (χ3n) is 3.80. The summed E-state index contributed by atoms with van der Waals surface area (Å²) in [4.78, 5) is 12.5. The van der Waals surface area contributed by atoms with Gasteiger partial charge >= 0.3 is 6.01 Å². The molecule has 0 aliphatic carbocycles. The Bertz CT molecular complexity index is 919. The number of benzene rings is 1. The SMILES string of the molecule is C[C@@H]1Oc2ccccc2O[C@@H]1C(=O)Nc1nnc(-c2ccnn2C)o1. The zero-order valence-corrected chi connectivity index (χ0v) is 13.5. The van der Waals surface area contributed by atoms with Crippen molar-refractivity contribution < 1.29 is 18.7 Å². The summed E-state index contributed by atoms with van der Waals surface area (Å²) in [6.45, 7) is 1.76. The average Bonchev–Trinajstić information content (AvgIpc) is 3.22. The van der Waals surface area contributed by atoms with Gasteiger partial charge < -0.3 is 13.9 Å². The molecule has 1 amide bonds. The molecule has 0 saturated carbocycles. The van der Waals surface area contributed by atoms with Crippen LogP contribution in [0.1, 0.15) is 6.92 Å². The van der Waals surface area contributed by atoms with Crippen molar-refractivity contribution in [2.45, 2.75) is 19.1 Å². The van der Waals surface area contributed by atoms with Crippen LogP contribution in [-0.4, -0.2) is 38.1 Å². The molecule has 0 saturated heterocycles. The summed E-state index contributed by atoms with van der Waals surface area (Å²) in [7, 11) is 1.75. The Balaban J connectivity index is 1.49. The number of ether oxygens (including phenoxy) is 2. The van der Waals surface area contributed by atoms with Crippen LogP contribution in [0.2, 0.25) is 0 Å². The fourth-order valence-electron chi connectivity index (χ4n) is 2.54. The molecule has 3 aromatic rings. The van der Waals surface area contributed by atoms with Gasteiger partial charge in [0.15, 0.2) is 11.5 Å². The highest BCUT2D eigenvalue weighted by atomic mass is 16.6. The summed E-state index contributed by atoms with van der Waals surface area (Å²) in [5.74, 6) is 0.953. The van der Waals surface area contributed by atoms with Gasteiger partial charge in [-0.25, -0.2) is 0 Å². The van der Waals surface area contributed by atoms with Crippen molar-refractivity contribution >= 4 is 11.9 Å². The number of nitrogens with one attached hydrogen (secondary N) is 1. The number of aryl methyl sites for hydroxylation is 1. The molecule has 1 aliphatic heterocycles. The van der Waals surface area contributed by atoms with Gasteiger partial charge in [-0.3, -0.25) is 14.8 Å². The summed E-state index contributed by atoms with van der Waals surface area (Å²) in [5, 5.41) is 14.3. The number of carbonyl (C=O) groups excluding carboxylic acids is 1. The first-order chi connectivity index (χ1) is 12.1. The van der Waals surface area contributed by atoms with Crippen LogP contribution >= 0.6 is 0 Å². The number of rotatable bonds is 3. The van der Waals surface area contributed by atoms with Crippen LogP contribution in [0.15, 0.2) is 40.9 Å². The normalized spacial score (nSPS) is 18.8. The lowest BCUT2D eigenvalue weighted by molar-refractivity contribution is -0.128. The largest absolute Gasteiger partial charge is 0.482 e. The Hall–Kier alpha value is -3.36. The summed E-state index contributed by atoms with van der Waals surface area (Å²) >= 11 is 0. The highest BCUT2D eigenvalue weighted by molar-refractivity contribution is 5.93. The van der Waals surface area contributed by atoms with Crippen molar-refractivity contribution in [2.24, 2.45) is 7.05 Å². The second-order valence-electron chi connectivity index (χ2n) is 5.55. The second-order valence-corrected chi connectivity index (χ2v) is 5.55. The topological polar surface area (TPSA) is 104 Å². The smallest absolute Gasteiger partial charge is 0.322 e. The van der Waals surface area contributed by atoms with Crippen molar-refractivity contribution in [3.8, 4) is 23.1 Å². The summed E-state index contributed by atoms with van der Waals surface area (Å²) in [5.41, 5.74) is 0.646. The molecule has 0 radical (unpaired) electrons. The van der Waals surface area contributed by atoms with Gasteiger partial charge in [-0.2, -0.15) is 5.10 Å². The van der Waals surface area contributed by atoms with Gasteiger partial charge in [0.2, 0.25) is 6.10 Å². The van der Waals surface area contributed by atoms with Crippen molar-refractivity contribution in [3.63, 3.8) is 0 Å². The maximum atomic E-state index is 12.5. The molecule has 9 nitrogen and oxygen atoms in total. The standard InChI is InChI=1S/C16H15N5O4/c1-9-13(24-12-6-4-3-5-11(12)23-9)14(22)18-16-20-19-15(25-16)10-7-8-17-21(10)2/h3-9,13H,1-2H3,(H,18,20,22)/t9-,13-/m0/s1. The Morgan fingerprint density at radius 1 is 1.16 bits per heavy atom. The van der Waals surface area contributed by atoms with E-state index in [1.165, 1.54) is 0 Å². The molecule has 0 unspecified atom stereocenters. The van der Waals surface area contributed by atoms with Crippen LogP contribution in [-0.2, 0) is 11.8 Å². The number of hydrogen-bond donors (Lipinski definition) is 1. The van der Waals surface area contributed by atoms with Crippen LogP contribution in [0.25, 0.3) is 11.6 Å². The van der Waals surface area contributed by atoms with Crippen LogP contribution in [0.5, 0.6) is 11.5 Å². The lowest BCUT2D eigenvalue weighted by atomic mass is 10.1. The van der Waals surface area contributed by atoms with Gasteiger partial charge in [-0.15, -0.1) is 5.10 Å². The first-order valence-corrected chi connectivity index (χ1v) is 7.67. The predicted molar refractivity (Wildman–Crippen MR) is 86.1 cm³/mol. The van der Waals surface area contributed by atoms with E-state index >= 15 is 0 Å². The van der Waals surface area contributed by atoms with Crippen molar-refractivity contribution in [1.82, 2.24) is 20.0 Å². The highest BCUT2D eigenvalue weighted by Gasteiger charge is 2.34. The fourth-order valence-corrected chi connectivity index (χ4v) is 2.54. The summed E-state index contributed by atoms with van der Waals surface area (Å²) in [6, 6.07) is 8.90. The minimum absolute atomic E-state index is 0.0177. The molecule has 2 aromatic heterocycles. The molecule has 1 aromatic carbocycles. The monoisotopic (exact) mass is 341 g/mol. The molecule has 1 aliphatic rings. The predicted octanol–water partition coefficient (Wildman–Crippen LogP) is 1.64. The lowest BCUT2D eigenvalue weighted by Crippen LogP contribution is -2.46. The zero-order chi connectivity index (χ0) is 17.4. The van der Waals surface area contributed by atoms with Gasteiger partial charge in [-0.05, 0) is 25.1 Å². The fraction of sp³-hybridized carbons (Fsp3) is 0.250. The van der Waals surface area contributed by atoms with E-state index in [1.54, 1.807) is 43.0 Å². The van der Waals surface area contributed by atoms with Crippen LogP contribution in [0, 0.1) is 0 Å². The molecule has 0 fully saturated rings. The van der Waals surface area contributed by atoms with E-state index in [2.05, 4.69) is 20.6 Å². The lowest BCUT2D eigenvalue weighted by Gasteiger charge is -2.30. The van der Waals surface area contributed by atoms with Crippen molar-refractivity contribution in [3.05, 3.63) is 36.5 Å². The maximum Gasteiger partial charge on any atom is 0.322 e. The number of hydrogen-bond acceptors (Lipinski definition) is 7. The van der Waals surface area contributed by atoms with Crippen LogP contribution in [0.3, 0.4) is 0 Å². The number of nitrogens with zero attached hydrogens (tertiary/aromatic N) is 4. The van der Waals surface area contributed by atoms with Gasteiger partial charge in [0.05, 0.1) is 0 Å². The van der Waals surface area contributed by atoms with Crippen LogP contribution < -0.4 is 14.8 Å². The molecular weight excluding hydrogens is 326 g/mol. The third kappa shape index (κ3) is 2.80. The van der Waals surface area contributed by atoms with E-state index in [0.717, 1.165) is 0 Å². The molecule has 128 valence electrons. The Morgan fingerprint density at radius 3 is 2.64 bits per heavy atom. The van der Waals surface area contributed by atoms with Crippen molar-refractivity contribution in [2.75, 3.05) is 5.32 Å². The van der Waals surface area contributed by atoms with E-state index in [1.807, 2.05) is 12.1 Å². The number of carbonyl (C=O) groups is 1. The first-order valence-electron chi connectivity index (χ1n) is 7.67. The molecule has 1 N–H and O–H groups in total. The molecule has 0 spiro atoms. The summed E-state index contributed by atoms with van der Waals surface area (Å²) in [6.07, 6.45) is 0.320. The quantitative estimate of drug-likeness (QED) is 0.772. The van der Waals surface area contributed by atoms with Gasteiger partial charge in [0.25, 0.3) is 11.8 Å². The second kappa shape index (κ2) is 5.93. The van der Waals surface area contributed by atoms with Crippen LogP contribution in [0.4, 0.5) is 6.01 Å². The molecule has 3 heterocycles. The van der Waals surface area contributed by atoms with Gasteiger partial charge in [-0.1, -0.05) is 17.2 Å². The Morgan fingerprint density at radius 2 is 1.92 bits per heavy atom. The summed E-state index contributed by atoms with van der Waals surface area (Å²) < 4.78 is 18.5. The number of aromatic nitrogens is 4. The third-order valence-corrected chi connectivity index (χ3v) is 3.80. The molecule has 25 heavy (non-hydrogen) atoms. The number of fused-ring (bicyclic) bond motifs is 1. The molecule has 4 rings (SSSR count). The molecular formula is C16H15N5O4. The number of amides is 1. The zero-order valence-electron chi connectivity index (χ0n) is 13.5. The Labute approximate surface area is 142 Å². The minimum Gasteiger partial charge on any atom is -0.482 e. The first kappa shape index (κ1) is 15.2. The van der Waals surface area contributed by atoms with E-state index in [9.17, 15) is 4.79 Å². The maximum absolute atomic E-state index is 12.5. The Kier molecular flexibility index (Phi) is 3.60. The average molecular weight is 341 g/mol. The van der Waals surface area contributed by atoms with Gasteiger partial charge in [0, 0.05) is 13.2 Å². The van der Waals surface area contributed by atoms with E-state index in [0.29, 0.717) is 17.2 Å². The van der Waals surface area contributed by atoms with E-state index < -0.39 is 18.1 Å². The van der Waals surface area contributed by atoms with Gasteiger partial charge in [0.1, 0.15) is 11.8 Å². The number of para-hydroxylation sites is 2. The molecule has 0 bridgehead atoms. The highest BCUT2D eigenvalue weighted by Crippen LogP contribution is 2.33. The minimum atomic E-state index is -0.832. The van der Waals surface area contributed by atoms with E-state index in [4.69, 9.17) is 13.9 Å². The van der Waals surface area contributed by atoms with E-state index in [-0.39, 0.29) is 11.9 Å². The molecule has 2 atom stereocenters. The van der Waals surface area contributed by atoms with Crippen molar-refractivity contribution in [1.29, 1.82) is 0 Å². The number of anilines is 1.